The van der Waals surface area contributed by atoms with E-state index in [0.717, 1.165) is 11.0 Å². The Morgan fingerprint density at radius 2 is 1.58 bits per heavy atom. The summed E-state index contributed by atoms with van der Waals surface area (Å²) in [6.45, 7) is 2.72. The van der Waals surface area contributed by atoms with Crippen molar-refractivity contribution in [1.29, 1.82) is 0 Å². The largest absolute Gasteiger partial charge is 0.296 e. The maximum absolute atomic E-state index is 13.8. The lowest BCUT2D eigenvalue weighted by Gasteiger charge is -2.34. The lowest BCUT2D eigenvalue weighted by molar-refractivity contribution is 0.181. The molecule has 3 rings (SSSR count). The van der Waals surface area contributed by atoms with Crippen LogP contribution in [0.4, 0.5) is 4.39 Å². The predicted molar refractivity (Wildman–Crippen MR) is 94.6 cm³/mol. The Balaban J connectivity index is 1.67. The van der Waals surface area contributed by atoms with Crippen molar-refractivity contribution in [3.05, 3.63) is 64.4 Å². The van der Waals surface area contributed by atoms with Crippen molar-refractivity contribution in [3.8, 4) is 0 Å². The van der Waals surface area contributed by atoms with Crippen LogP contribution in [-0.2, 0) is 16.6 Å². The zero-order chi connectivity index (χ0) is 17.2. The summed E-state index contributed by atoms with van der Waals surface area (Å²) >= 11 is 3.53. The molecule has 0 saturated carbocycles. The van der Waals surface area contributed by atoms with Crippen molar-refractivity contribution >= 4 is 26.0 Å². The molecule has 7 heteroatoms. The van der Waals surface area contributed by atoms with Crippen LogP contribution in [0.1, 0.15) is 5.56 Å². The highest BCUT2D eigenvalue weighted by atomic mass is 79.9. The van der Waals surface area contributed by atoms with Crippen LogP contribution in [0.25, 0.3) is 0 Å². The molecule has 1 fully saturated rings. The molecule has 0 aromatic heterocycles. The van der Waals surface area contributed by atoms with E-state index in [1.807, 2.05) is 24.3 Å². The van der Waals surface area contributed by atoms with E-state index >= 15 is 0 Å². The number of hydrogen-bond acceptors (Lipinski definition) is 3. The third kappa shape index (κ3) is 3.69. The Hall–Kier alpha value is -1.28. The van der Waals surface area contributed by atoms with E-state index in [1.54, 1.807) is 6.07 Å². The predicted octanol–water partition coefficient (Wildman–Crippen LogP) is 3.09. The molecule has 1 aliphatic heterocycles. The zero-order valence-corrected chi connectivity index (χ0v) is 15.4. The molecule has 0 bridgehead atoms. The molecular formula is C17H18BrFN2O2S. The van der Waals surface area contributed by atoms with Gasteiger partial charge in [0.25, 0.3) is 0 Å². The quantitative estimate of drug-likeness (QED) is 0.774. The highest BCUT2D eigenvalue weighted by Gasteiger charge is 2.30. The van der Waals surface area contributed by atoms with Crippen molar-refractivity contribution in [2.45, 2.75) is 11.4 Å². The normalized spacial score (nSPS) is 17.1. The van der Waals surface area contributed by atoms with Crippen LogP contribution in [0.5, 0.6) is 0 Å². The van der Waals surface area contributed by atoms with Gasteiger partial charge in [-0.05, 0) is 23.8 Å². The van der Waals surface area contributed by atoms with Gasteiger partial charge in [0.2, 0.25) is 10.0 Å². The Morgan fingerprint density at radius 3 is 2.25 bits per heavy atom. The molecular weight excluding hydrogens is 395 g/mol. The summed E-state index contributed by atoms with van der Waals surface area (Å²) < 4.78 is 41.4. The topological polar surface area (TPSA) is 40.6 Å². The van der Waals surface area contributed by atoms with Crippen LogP contribution in [0.3, 0.4) is 0 Å². The average Bonchev–Trinajstić information content (AvgIpc) is 2.58. The number of benzene rings is 2. The molecule has 0 amide bonds. The molecule has 0 N–H and O–H groups in total. The van der Waals surface area contributed by atoms with Crippen molar-refractivity contribution < 1.29 is 12.8 Å². The summed E-state index contributed by atoms with van der Waals surface area (Å²) in [5.74, 6) is -0.701. The second-order valence-electron chi connectivity index (χ2n) is 5.70. The van der Waals surface area contributed by atoms with E-state index in [4.69, 9.17) is 0 Å². The van der Waals surface area contributed by atoms with E-state index in [-0.39, 0.29) is 4.90 Å². The fraction of sp³-hybridized carbons (Fsp3) is 0.294. The Morgan fingerprint density at radius 1 is 0.958 bits per heavy atom. The molecule has 1 heterocycles. The fourth-order valence-electron chi connectivity index (χ4n) is 2.79. The van der Waals surface area contributed by atoms with E-state index in [2.05, 4.69) is 20.8 Å². The second kappa shape index (κ2) is 7.31. The standard InChI is InChI=1S/C17H18BrFN2O2S/c18-15-6-2-1-5-14(15)13-20-9-11-21(12-10-20)24(22,23)17-8-4-3-7-16(17)19/h1-8H,9-13H2. The third-order valence-electron chi connectivity index (χ3n) is 4.14. The summed E-state index contributed by atoms with van der Waals surface area (Å²) in [6.07, 6.45) is 0. The zero-order valence-electron chi connectivity index (χ0n) is 13.0. The maximum atomic E-state index is 13.8. The van der Waals surface area contributed by atoms with Gasteiger partial charge in [0.05, 0.1) is 0 Å². The number of rotatable bonds is 4. The van der Waals surface area contributed by atoms with Gasteiger partial charge in [0.1, 0.15) is 10.7 Å². The molecule has 0 radical (unpaired) electrons. The van der Waals surface area contributed by atoms with Gasteiger partial charge in [0, 0.05) is 37.2 Å². The molecule has 0 atom stereocenters. The van der Waals surface area contributed by atoms with E-state index in [1.165, 1.54) is 28.1 Å². The third-order valence-corrected chi connectivity index (χ3v) is 6.84. The molecule has 4 nitrogen and oxygen atoms in total. The van der Waals surface area contributed by atoms with E-state index in [0.29, 0.717) is 26.2 Å². The first kappa shape index (κ1) is 17.5. The van der Waals surface area contributed by atoms with Crippen molar-refractivity contribution in [1.82, 2.24) is 9.21 Å². The Labute approximate surface area is 150 Å². The first-order valence-corrected chi connectivity index (χ1v) is 9.92. The minimum absolute atomic E-state index is 0.246. The van der Waals surface area contributed by atoms with Gasteiger partial charge < -0.3 is 0 Å². The maximum Gasteiger partial charge on any atom is 0.246 e. The molecule has 24 heavy (non-hydrogen) atoms. The molecule has 1 aliphatic rings. The summed E-state index contributed by atoms with van der Waals surface area (Å²) in [4.78, 5) is 1.96. The molecule has 2 aromatic carbocycles. The SMILES string of the molecule is O=S(=O)(c1ccccc1F)N1CCN(Cc2ccccc2Br)CC1. The molecule has 0 unspecified atom stereocenters. The van der Waals surface area contributed by atoms with Crippen LogP contribution < -0.4 is 0 Å². The van der Waals surface area contributed by atoms with Crippen LogP contribution in [0.15, 0.2) is 57.9 Å². The van der Waals surface area contributed by atoms with Gasteiger partial charge in [-0.1, -0.05) is 46.3 Å². The average molecular weight is 413 g/mol. The number of sulfonamides is 1. The number of hydrogen-bond donors (Lipinski definition) is 0. The van der Waals surface area contributed by atoms with Gasteiger partial charge in [-0.3, -0.25) is 4.90 Å². The molecule has 2 aromatic rings. The highest BCUT2D eigenvalue weighted by molar-refractivity contribution is 9.10. The summed E-state index contributed by atoms with van der Waals surface area (Å²) in [7, 11) is -3.77. The van der Waals surface area contributed by atoms with Crippen LogP contribution in [0.2, 0.25) is 0 Å². The monoisotopic (exact) mass is 412 g/mol. The van der Waals surface area contributed by atoms with Crippen molar-refractivity contribution in [3.63, 3.8) is 0 Å². The Bertz CT molecular complexity index is 821. The van der Waals surface area contributed by atoms with Crippen molar-refractivity contribution in [2.75, 3.05) is 26.2 Å². The number of halogens is 2. The van der Waals surface area contributed by atoms with Gasteiger partial charge in [0.15, 0.2) is 0 Å². The minimum Gasteiger partial charge on any atom is -0.296 e. The van der Waals surface area contributed by atoms with Crippen molar-refractivity contribution in [2.24, 2.45) is 0 Å². The van der Waals surface area contributed by atoms with Crippen LogP contribution in [-0.4, -0.2) is 43.8 Å². The number of piperazine rings is 1. The highest BCUT2D eigenvalue weighted by Crippen LogP contribution is 2.22. The summed E-state index contributed by atoms with van der Waals surface area (Å²) in [6, 6.07) is 13.5. The molecule has 1 saturated heterocycles. The van der Waals surface area contributed by atoms with Gasteiger partial charge >= 0.3 is 0 Å². The first-order valence-electron chi connectivity index (χ1n) is 7.69. The molecule has 128 valence electrons. The van der Waals surface area contributed by atoms with Crippen LogP contribution >= 0.6 is 15.9 Å². The lowest BCUT2D eigenvalue weighted by Crippen LogP contribution is -2.48. The lowest BCUT2D eigenvalue weighted by atomic mass is 10.2. The minimum atomic E-state index is -3.77. The number of nitrogens with zero attached hydrogens (tertiary/aromatic N) is 2. The second-order valence-corrected chi connectivity index (χ2v) is 8.46. The van der Waals surface area contributed by atoms with Gasteiger partial charge in [-0.15, -0.1) is 0 Å². The molecule has 0 aliphatic carbocycles. The first-order chi connectivity index (χ1) is 11.5. The van der Waals surface area contributed by atoms with Gasteiger partial charge in [-0.2, -0.15) is 4.31 Å². The molecule has 0 spiro atoms. The van der Waals surface area contributed by atoms with E-state index in [9.17, 15) is 12.8 Å². The fourth-order valence-corrected chi connectivity index (χ4v) is 4.69. The Kier molecular flexibility index (Phi) is 5.34. The van der Waals surface area contributed by atoms with E-state index < -0.39 is 15.8 Å². The van der Waals surface area contributed by atoms with Crippen LogP contribution in [0, 0.1) is 5.82 Å². The smallest absolute Gasteiger partial charge is 0.246 e. The summed E-state index contributed by atoms with van der Waals surface area (Å²) in [5, 5.41) is 0. The van der Waals surface area contributed by atoms with Gasteiger partial charge in [-0.25, -0.2) is 12.8 Å². The summed E-state index contributed by atoms with van der Waals surface area (Å²) in [5.41, 5.74) is 1.17.